The van der Waals surface area contributed by atoms with Gasteiger partial charge in [0.15, 0.2) is 0 Å². The molecule has 1 aliphatic carbocycles. The summed E-state index contributed by atoms with van der Waals surface area (Å²) in [5.41, 5.74) is 8.66. The molecule has 0 amide bonds. The zero-order chi connectivity index (χ0) is 13.8. The molecule has 1 unspecified atom stereocenters. The van der Waals surface area contributed by atoms with Crippen LogP contribution >= 0.6 is 15.9 Å². The lowest BCUT2D eigenvalue weighted by atomic mass is 10.0. The first kappa shape index (κ1) is 14.9. The lowest BCUT2D eigenvalue weighted by Crippen LogP contribution is -2.26. The van der Waals surface area contributed by atoms with Gasteiger partial charge in [0, 0.05) is 29.8 Å². The Morgan fingerprint density at radius 2 is 2.05 bits per heavy atom. The van der Waals surface area contributed by atoms with Crippen LogP contribution in [0.1, 0.15) is 38.2 Å². The highest BCUT2D eigenvalue weighted by Crippen LogP contribution is 2.30. The zero-order valence-electron chi connectivity index (χ0n) is 12.0. The van der Waals surface area contributed by atoms with E-state index in [9.17, 15) is 0 Å². The van der Waals surface area contributed by atoms with E-state index < -0.39 is 0 Å². The van der Waals surface area contributed by atoms with E-state index in [-0.39, 0.29) is 6.04 Å². The molecule has 2 nitrogen and oxygen atoms in total. The maximum absolute atomic E-state index is 5.96. The average Bonchev–Trinajstić information content (AvgIpc) is 2.83. The molecule has 0 radical (unpaired) electrons. The predicted octanol–water partition coefficient (Wildman–Crippen LogP) is 3.97. The van der Waals surface area contributed by atoms with E-state index in [2.05, 4.69) is 53.0 Å². The first-order valence-corrected chi connectivity index (χ1v) is 8.10. The van der Waals surface area contributed by atoms with Crippen LogP contribution in [0.5, 0.6) is 0 Å². The molecule has 0 bridgehead atoms. The monoisotopic (exact) mass is 324 g/mol. The van der Waals surface area contributed by atoms with Crippen LogP contribution < -0.4 is 10.6 Å². The molecule has 2 rings (SSSR count). The highest BCUT2D eigenvalue weighted by Gasteiger charge is 2.18. The van der Waals surface area contributed by atoms with E-state index in [0.29, 0.717) is 0 Å². The predicted molar refractivity (Wildman–Crippen MR) is 86.7 cm³/mol. The molecule has 0 saturated heterocycles. The second-order valence-corrected chi connectivity index (χ2v) is 6.90. The molecule has 0 aromatic heterocycles. The maximum Gasteiger partial charge on any atom is 0.0408 e. The van der Waals surface area contributed by atoms with Crippen molar-refractivity contribution in [3.05, 3.63) is 28.2 Å². The molecule has 1 fully saturated rings. The van der Waals surface area contributed by atoms with Gasteiger partial charge in [-0.1, -0.05) is 34.8 Å². The van der Waals surface area contributed by atoms with Gasteiger partial charge in [0.25, 0.3) is 0 Å². The maximum atomic E-state index is 5.96. The molecule has 0 heterocycles. The number of hydrogen-bond acceptors (Lipinski definition) is 2. The smallest absolute Gasteiger partial charge is 0.0408 e. The molecule has 2 N–H and O–H groups in total. The van der Waals surface area contributed by atoms with Crippen molar-refractivity contribution < 1.29 is 0 Å². The van der Waals surface area contributed by atoms with E-state index in [1.54, 1.807) is 0 Å². The second-order valence-electron chi connectivity index (χ2n) is 5.99. The Morgan fingerprint density at radius 3 is 2.68 bits per heavy atom. The first-order chi connectivity index (χ1) is 9.06. The van der Waals surface area contributed by atoms with Crippen LogP contribution in [0.2, 0.25) is 0 Å². The summed E-state index contributed by atoms with van der Waals surface area (Å²) in [7, 11) is 2.21. The molecule has 1 aromatic carbocycles. The lowest BCUT2D eigenvalue weighted by molar-refractivity contribution is 0.546. The van der Waals surface area contributed by atoms with Crippen LogP contribution in [-0.4, -0.2) is 19.6 Å². The molecule has 0 aliphatic heterocycles. The first-order valence-electron chi connectivity index (χ1n) is 7.31. The van der Waals surface area contributed by atoms with Crippen molar-refractivity contribution in [2.45, 2.75) is 45.1 Å². The molecule has 1 saturated carbocycles. The normalized spacial score (nSPS) is 17.7. The summed E-state index contributed by atoms with van der Waals surface area (Å²) in [4.78, 5) is 2.42. The summed E-state index contributed by atoms with van der Waals surface area (Å²) >= 11 is 3.59. The van der Waals surface area contributed by atoms with Gasteiger partial charge in [-0.3, -0.25) is 0 Å². The fraction of sp³-hybridized carbons (Fsp3) is 0.625. The Labute approximate surface area is 125 Å². The van der Waals surface area contributed by atoms with E-state index in [1.807, 2.05) is 0 Å². The van der Waals surface area contributed by atoms with Gasteiger partial charge in [0.05, 0.1) is 0 Å². The fourth-order valence-electron chi connectivity index (χ4n) is 3.09. The summed E-state index contributed by atoms with van der Waals surface area (Å²) < 4.78 is 1.15. The quantitative estimate of drug-likeness (QED) is 0.888. The van der Waals surface area contributed by atoms with Crippen molar-refractivity contribution in [2.75, 3.05) is 18.5 Å². The zero-order valence-corrected chi connectivity index (χ0v) is 13.6. The van der Waals surface area contributed by atoms with E-state index in [1.165, 1.54) is 43.5 Å². The van der Waals surface area contributed by atoms with Gasteiger partial charge in [-0.2, -0.15) is 0 Å². The largest absolute Gasteiger partial charge is 0.374 e. The average molecular weight is 325 g/mol. The van der Waals surface area contributed by atoms with E-state index in [0.717, 1.165) is 16.8 Å². The SMILES string of the molecule is CC(N)Cc1ccc(Br)cc1N(C)CC1CCCC1. The van der Waals surface area contributed by atoms with Gasteiger partial charge in [0.2, 0.25) is 0 Å². The lowest BCUT2D eigenvalue weighted by Gasteiger charge is -2.26. The minimum atomic E-state index is 0.208. The number of hydrogen-bond donors (Lipinski definition) is 1. The molecule has 3 heteroatoms. The van der Waals surface area contributed by atoms with Crippen LogP contribution in [0.15, 0.2) is 22.7 Å². The second kappa shape index (κ2) is 6.76. The topological polar surface area (TPSA) is 29.3 Å². The summed E-state index contributed by atoms with van der Waals surface area (Å²) in [5, 5.41) is 0. The number of nitrogens with two attached hydrogens (primary N) is 1. The van der Waals surface area contributed by atoms with Gasteiger partial charge in [-0.25, -0.2) is 0 Å². The number of halogens is 1. The Morgan fingerprint density at radius 1 is 1.37 bits per heavy atom. The van der Waals surface area contributed by atoms with Gasteiger partial charge in [0.1, 0.15) is 0 Å². The molecule has 1 aromatic rings. The fourth-order valence-corrected chi connectivity index (χ4v) is 3.44. The molecule has 106 valence electrons. The minimum Gasteiger partial charge on any atom is -0.374 e. The van der Waals surface area contributed by atoms with Crippen LogP contribution in [0, 0.1) is 5.92 Å². The van der Waals surface area contributed by atoms with Crippen LogP contribution in [0.25, 0.3) is 0 Å². The van der Waals surface area contributed by atoms with Gasteiger partial charge >= 0.3 is 0 Å². The number of anilines is 1. The Hall–Kier alpha value is -0.540. The van der Waals surface area contributed by atoms with Crippen LogP contribution in [-0.2, 0) is 6.42 Å². The number of rotatable bonds is 5. The molecule has 0 spiro atoms. The molecular weight excluding hydrogens is 300 g/mol. The van der Waals surface area contributed by atoms with Crippen molar-refractivity contribution in [2.24, 2.45) is 11.7 Å². The Bertz CT molecular complexity index is 411. The summed E-state index contributed by atoms with van der Waals surface area (Å²) in [5.74, 6) is 0.868. The summed E-state index contributed by atoms with van der Waals surface area (Å²) in [6.45, 7) is 3.24. The number of benzene rings is 1. The summed E-state index contributed by atoms with van der Waals surface area (Å²) in [6.07, 6.45) is 6.53. The standard InChI is InChI=1S/C16H25BrN2/c1-12(18)9-14-7-8-15(17)10-16(14)19(2)11-13-5-3-4-6-13/h7-8,10,12-13H,3-6,9,11,18H2,1-2H3. The highest BCUT2D eigenvalue weighted by molar-refractivity contribution is 9.10. The molecule has 1 aliphatic rings. The van der Waals surface area contributed by atoms with Crippen molar-refractivity contribution in [3.8, 4) is 0 Å². The van der Waals surface area contributed by atoms with E-state index >= 15 is 0 Å². The third kappa shape index (κ3) is 4.22. The van der Waals surface area contributed by atoms with E-state index in [4.69, 9.17) is 5.73 Å². The molecule has 1 atom stereocenters. The third-order valence-corrected chi connectivity index (χ3v) is 4.50. The summed E-state index contributed by atoms with van der Waals surface area (Å²) in [6, 6.07) is 6.75. The van der Waals surface area contributed by atoms with Gasteiger partial charge < -0.3 is 10.6 Å². The van der Waals surface area contributed by atoms with Gasteiger partial charge in [-0.05, 0) is 49.8 Å². The van der Waals surface area contributed by atoms with Crippen molar-refractivity contribution in [3.63, 3.8) is 0 Å². The van der Waals surface area contributed by atoms with Crippen molar-refractivity contribution in [1.29, 1.82) is 0 Å². The number of nitrogens with zero attached hydrogens (tertiary/aromatic N) is 1. The van der Waals surface area contributed by atoms with Crippen LogP contribution in [0.4, 0.5) is 5.69 Å². The van der Waals surface area contributed by atoms with Crippen molar-refractivity contribution >= 4 is 21.6 Å². The molecule has 19 heavy (non-hydrogen) atoms. The third-order valence-electron chi connectivity index (χ3n) is 4.01. The van der Waals surface area contributed by atoms with Crippen molar-refractivity contribution in [1.82, 2.24) is 0 Å². The Kier molecular flexibility index (Phi) is 5.28. The Balaban J connectivity index is 2.13. The van der Waals surface area contributed by atoms with Crippen LogP contribution in [0.3, 0.4) is 0 Å². The molecular formula is C16H25BrN2. The minimum absolute atomic E-state index is 0.208. The van der Waals surface area contributed by atoms with Gasteiger partial charge in [-0.15, -0.1) is 0 Å². The highest BCUT2D eigenvalue weighted by atomic mass is 79.9.